The van der Waals surface area contributed by atoms with Crippen molar-refractivity contribution in [1.82, 2.24) is 24.9 Å². The number of pyridine rings is 1. The third-order valence-electron chi connectivity index (χ3n) is 4.64. The minimum Gasteiger partial charge on any atom is -0.340 e. The molecule has 4 heterocycles. The Morgan fingerprint density at radius 2 is 2.07 bits per heavy atom. The van der Waals surface area contributed by atoms with Crippen molar-refractivity contribution in [3.05, 3.63) is 53.5 Å². The van der Waals surface area contributed by atoms with E-state index >= 15 is 0 Å². The number of aromatic nitrogens is 3. The van der Waals surface area contributed by atoms with Gasteiger partial charge in [0.2, 0.25) is 17.6 Å². The van der Waals surface area contributed by atoms with Gasteiger partial charge in [-0.05, 0) is 29.5 Å². The van der Waals surface area contributed by atoms with Gasteiger partial charge < -0.3 is 9.42 Å². The maximum absolute atomic E-state index is 12.4. The van der Waals surface area contributed by atoms with E-state index in [2.05, 4.69) is 20.0 Å². The van der Waals surface area contributed by atoms with E-state index in [1.165, 1.54) is 0 Å². The van der Waals surface area contributed by atoms with Crippen LogP contribution in [0.5, 0.6) is 0 Å². The van der Waals surface area contributed by atoms with E-state index in [4.69, 9.17) is 4.52 Å². The molecule has 140 valence electrons. The third kappa shape index (κ3) is 4.58. The summed E-state index contributed by atoms with van der Waals surface area (Å²) < 4.78 is 5.37. The molecule has 3 aromatic heterocycles. The van der Waals surface area contributed by atoms with E-state index in [-0.39, 0.29) is 5.91 Å². The Hall–Kier alpha value is -2.58. The second-order valence-corrected chi connectivity index (χ2v) is 7.45. The normalized spacial score (nSPS) is 15.2. The van der Waals surface area contributed by atoms with Crippen molar-refractivity contribution in [2.45, 2.75) is 19.4 Å². The SMILES string of the molecule is O=C(CCc1cccnc1)N1CCN(Cc2nc(-c3cccs3)no2)CC1. The molecule has 1 aliphatic rings. The summed E-state index contributed by atoms with van der Waals surface area (Å²) in [7, 11) is 0. The zero-order chi connectivity index (χ0) is 18.5. The molecule has 0 aliphatic carbocycles. The molecule has 1 saturated heterocycles. The standard InChI is InChI=1S/C19H21N5O2S/c25-18(6-5-15-3-1-7-20-13-15)24-10-8-23(9-11-24)14-17-21-19(22-26-17)16-4-2-12-27-16/h1-4,7,12-13H,5-6,8-11,14H2. The summed E-state index contributed by atoms with van der Waals surface area (Å²) in [5, 5.41) is 6.04. The highest BCUT2D eigenvalue weighted by molar-refractivity contribution is 7.13. The first kappa shape index (κ1) is 17.8. The summed E-state index contributed by atoms with van der Waals surface area (Å²) >= 11 is 1.60. The van der Waals surface area contributed by atoms with Gasteiger partial charge >= 0.3 is 0 Å². The van der Waals surface area contributed by atoms with Crippen molar-refractivity contribution in [1.29, 1.82) is 0 Å². The number of amides is 1. The molecule has 8 heteroatoms. The largest absolute Gasteiger partial charge is 0.340 e. The van der Waals surface area contributed by atoms with Gasteiger partial charge in [0.15, 0.2) is 0 Å². The number of carbonyl (C=O) groups is 1. The maximum atomic E-state index is 12.4. The highest BCUT2D eigenvalue weighted by atomic mass is 32.1. The number of aryl methyl sites for hydroxylation is 1. The van der Waals surface area contributed by atoms with Gasteiger partial charge in [-0.15, -0.1) is 11.3 Å². The first-order valence-electron chi connectivity index (χ1n) is 9.03. The number of piperazine rings is 1. The fraction of sp³-hybridized carbons (Fsp3) is 0.368. The molecular formula is C19H21N5O2S. The average Bonchev–Trinajstić information content (AvgIpc) is 3.39. The molecule has 0 bridgehead atoms. The molecule has 7 nitrogen and oxygen atoms in total. The van der Waals surface area contributed by atoms with Crippen LogP contribution in [0.1, 0.15) is 17.9 Å². The highest BCUT2D eigenvalue weighted by Crippen LogP contribution is 2.21. The second kappa shape index (κ2) is 8.41. The predicted octanol–water partition coefficient (Wildman–Crippen LogP) is 2.47. The molecule has 0 unspecified atom stereocenters. The van der Waals surface area contributed by atoms with Gasteiger partial charge in [-0.25, -0.2) is 0 Å². The average molecular weight is 383 g/mol. The predicted molar refractivity (Wildman–Crippen MR) is 102 cm³/mol. The number of hydrogen-bond acceptors (Lipinski definition) is 7. The quantitative estimate of drug-likeness (QED) is 0.651. The fourth-order valence-electron chi connectivity index (χ4n) is 3.13. The van der Waals surface area contributed by atoms with E-state index in [9.17, 15) is 4.79 Å². The summed E-state index contributed by atoms with van der Waals surface area (Å²) in [6.07, 6.45) is 4.83. The van der Waals surface area contributed by atoms with Gasteiger partial charge in [0.05, 0.1) is 11.4 Å². The summed E-state index contributed by atoms with van der Waals surface area (Å²) in [5.41, 5.74) is 1.10. The zero-order valence-corrected chi connectivity index (χ0v) is 15.8. The van der Waals surface area contributed by atoms with Crippen LogP contribution in [0.3, 0.4) is 0 Å². The van der Waals surface area contributed by atoms with Gasteiger partial charge in [-0.2, -0.15) is 4.98 Å². The first-order valence-corrected chi connectivity index (χ1v) is 9.91. The van der Waals surface area contributed by atoms with Crippen LogP contribution in [0.15, 0.2) is 46.6 Å². The van der Waals surface area contributed by atoms with Crippen LogP contribution in [0.4, 0.5) is 0 Å². The van der Waals surface area contributed by atoms with Crippen molar-refractivity contribution in [2.24, 2.45) is 0 Å². The van der Waals surface area contributed by atoms with E-state index in [0.29, 0.717) is 24.7 Å². The van der Waals surface area contributed by atoms with Gasteiger partial charge in [0.1, 0.15) is 0 Å². The number of rotatable bonds is 6. The van der Waals surface area contributed by atoms with Gasteiger partial charge in [-0.3, -0.25) is 14.7 Å². The lowest BCUT2D eigenvalue weighted by atomic mass is 10.1. The van der Waals surface area contributed by atoms with Gasteiger partial charge in [-0.1, -0.05) is 17.3 Å². The lowest BCUT2D eigenvalue weighted by Crippen LogP contribution is -2.48. The monoisotopic (exact) mass is 383 g/mol. The molecule has 0 atom stereocenters. The number of thiophene rings is 1. The molecule has 0 saturated carbocycles. The molecule has 1 amide bonds. The van der Waals surface area contributed by atoms with Crippen LogP contribution >= 0.6 is 11.3 Å². The Bertz CT molecular complexity index is 857. The van der Waals surface area contributed by atoms with Crippen molar-refractivity contribution in [3.63, 3.8) is 0 Å². The van der Waals surface area contributed by atoms with Crippen LogP contribution in [0.25, 0.3) is 10.7 Å². The van der Waals surface area contributed by atoms with E-state index in [0.717, 1.165) is 43.0 Å². The number of hydrogen-bond donors (Lipinski definition) is 0. The van der Waals surface area contributed by atoms with Crippen LogP contribution < -0.4 is 0 Å². The third-order valence-corrected chi connectivity index (χ3v) is 5.51. The minimum absolute atomic E-state index is 0.205. The summed E-state index contributed by atoms with van der Waals surface area (Å²) in [4.78, 5) is 26.2. The minimum atomic E-state index is 0.205. The maximum Gasteiger partial charge on any atom is 0.241 e. The summed E-state index contributed by atoms with van der Waals surface area (Å²) in [6, 6.07) is 7.86. The Labute approximate surface area is 161 Å². The van der Waals surface area contributed by atoms with E-state index < -0.39 is 0 Å². The van der Waals surface area contributed by atoms with Crippen molar-refractivity contribution < 1.29 is 9.32 Å². The topological polar surface area (TPSA) is 75.4 Å². The van der Waals surface area contributed by atoms with Gasteiger partial charge in [0.25, 0.3) is 0 Å². The van der Waals surface area contributed by atoms with E-state index in [1.807, 2.05) is 40.7 Å². The van der Waals surface area contributed by atoms with Crippen molar-refractivity contribution >= 4 is 17.2 Å². The Balaban J connectivity index is 1.23. The lowest BCUT2D eigenvalue weighted by Gasteiger charge is -2.34. The molecule has 4 rings (SSSR count). The molecule has 0 N–H and O–H groups in total. The zero-order valence-electron chi connectivity index (χ0n) is 15.0. The molecule has 27 heavy (non-hydrogen) atoms. The van der Waals surface area contributed by atoms with Crippen LogP contribution in [0.2, 0.25) is 0 Å². The van der Waals surface area contributed by atoms with Crippen LogP contribution in [-0.4, -0.2) is 57.0 Å². The number of nitrogens with zero attached hydrogens (tertiary/aromatic N) is 5. The van der Waals surface area contributed by atoms with Gasteiger partial charge in [0, 0.05) is 45.0 Å². The molecule has 0 spiro atoms. The van der Waals surface area contributed by atoms with Crippen LogP contribution in [-0.2, 0) is 17.8 Å². The first-order chi connectivity index (χ1) is 13.3. The molecule has 1 fully saturated rings. The molecule has 0 radical (unpaired) electrons. The van der Waals surface area contributed by atoms with E-state index in [1.54, 1.807) is 17.5 Å². The Kier molecular flexibility index (Phi) is 5.55. The molecule has 1 aliphatic heterocycles. The Morgan fingerprint density at radius 1 is 1.19 bits per heavy atom. The highest BCUT2D eigenvalue weighted by Gasteiger charge is 2.22. The van der Waals surface area contributed by atoms with Crippen LogP contribution in [0, 0.1) is 0 Å². The fourth-order valence-corrected chi connectivity index (χ4v) is 3.78. The Morgan fingerprint density at radius 3 is 2.81 bits per heavy atom. The summed E-state index contributed by atoms with van der Waals surface area (Å²) in [5.74, 6) is 1.47. The van der Waals surface area contributed by atoms with Crippen molar-refractivity contribution in [2.75, 3.05) is 26.2 Å². The molecular weight excluding hydrogens is 362 g/mol. The molecule has 3 aromatic rings. The summed E-state index contributed by atoms with van der Waals surface area (Å²) in [6.45, 7) is 3.72. The lowest BCUT2D eigenvalue weighted by molar-refractivity contribution is -0.133. The molecule has 0 aromatic carbocycles. The van der Waals surface area contributed by atoms with Crippen molar-refractivity contribution in [3.8, 4) is 10.7 Å². The smallest absolute Gasteiger partial charge is 0.241 e. The second-order valence-electron chi connectivity index (χ2n) is 6.51. The number of carbonyl (C=O) groups excluding carboxylic acids is 1.